The summed E-state index contributed by atoms with van der Waals surface area (Å²) in [7, 11) is 0. The molecular formula is C10H9F3INO. The molecule has 0 saturated heterocycles. The largest absolute Gasteiger partial charge is 0.416 e. The van der Waals surface area contributed by atoms with Crippen molar-refractivity contribution >= 4 is 28.5 Å². The third-order valence-electron chi connectivity index (χ3n) is 1.83. The molecule has 1 N–H and O–H groups in total. The van der Waals surface area contributed by atoms with E-state index in [-0.39, 0.29) is 5.56 Å². The lowest BCUT2D eigenvalue weighted by atomic mass is 10.1. The van der Waals surface area contributed by atoms with Crippen molar-refractivity contribution in [3.05, 3.63) is 35.4 Å². The van der Waals surface area contributed by atoms with Crippen LogP contribution in [0.1, 0.15) is 15.9 Å². The zero-order valence-electron chi connectivity index (χ0n) is 8.14. The molecule has 0 heterocycles. The average Bonchev–Trinajstić information content (AvgIpc) is 2.25. The van der Waals surface area contributed by atoms with Crippen molar-refractivity contribution in [3.8, 4) is 0 Å². The van der Waals surface area contributed by atoms with Crippen molar-refractivity contribution in [2.75, 3.05) is 11.0 Å². The van der Waals surface area contributed by atoms with Crippen molar-refractivity contribution in [1.82, 2.24) is 5.32 Å². The van der Waals surface area contributed by atoms with Crippen LogP contribution in [0.4, 0.5) is 13.2 Å². The van der Waals surface area contributed by atoms with Crippen LogP contribution in [-0.2, 0) is 6.18 Å². The van der Waals surface area contributed by atoms with Crippen LogP contribution in [0.3, 0.4) is 0 Å². The average molecular weight is 343 g/mol. The molecule has 0 aliphatic heterocycles. The number of hydrogen-bond acceptors (Lipinski definition) is 1. The van der Waals surface area contributed by atoms with Crippen molar-refractivity contribution in [1.29, 1.82) is 0 Å². The van der Waals surface area contributed by atoms with E-state index in [0.717, 1.165) is 12.1 Å². The number of hydrogen-bond donors (Lipinski definition) is 1. The highest BCUT2D eigenvalue weighted by atomic mass is 127. The van der Waals surface area contributed by atoms with Gasteiger partial charge >= 0.3 is 6.18 Å². The molecule has 0 spiro atoms. The number of carbonyl (C=O) groups excluding carboxylic acids is 1. The minimum absolute atomic E-state index is 0.0275. The predicted octanol–water partition coefficient (Wildman–Crippen LogP) is 2.87. The Labute approximate surface area is 104 Å². The van der Waals surface area contributed by atoms with Gasteiger partial charge in [0.1, 0.15) is 0 Å². The zero-order chi connectivity index (χ0) is 12.2. The van der Waals surface area contributed by atoms with Gasteiger partial charge in [0, 0.05) is 16.5 Å². The fraction of sp³-hybridized carbons (Fsp3) is 0.300. The minimum atomic E-state index is -4.42. The first-order chi connectivity index (χ1) is 7.45. The highest BCUT2D eigenvalue weighted by molar-refractivity contribution is 14.1. The highest BCUT2D eigenvalue weighted by Gasteiger charge is 2.30. The van der Waals surface area contributed by atoms with Crippen LogP contribution in [-0.4, -0.2) is 16.9 Å². The Bertz CT molecular complexity index is 379. The first-order valence-electron chi connectivity index (χ1n) is 4.46. The molecule has 0 radical (unpaired) electrons. The van der Waals surface area contributed by atoms with Crippen molar-refractivity contribution in [3.63, 3.8) is 0 Å². The van der Waals surface area contributed by atoms with Crippen LogP contribution in [0.15, 0.2) is 24.3 Å². The summed E-state index contributed by atoms with van der Waals surface area (Å²) in [5, 5.41) is 2.51. The van der Waals surface area contributed by atoms with Gasteiger partial charge in [0.2, 0.25) is 0 Å². The van der Waals surface area contributed by atoms with Crippen LogP contribution in [0, 0.1) is 0 Å². The first kappa shape index (κ1) is 13.3. The molecule has 0 aliphatic rings. The lowest BCUT2D eigenvalue weighted by molar-refractivity contribution is -0.137. The number of alkyl halides is 4. The number of nitrogens with one attached hydrogen (secondary N) is 1. The van der Waals surface area contributed by atoms with E-state index in [1.165, 1.54) is 12.1 Å². The third-order valence-corrected chi connectivity index (χ3v) is 2.37. The maximum Gasteiger partial charge on any atom is 0.416 e. The summed E-state index contributed by atoms with van der Waals surface area (Å²) in [5.41, 5.74) is -0.783. The molecule has 0 bridgehead atoms. The monoisotopic (exact) mass is 343 g/mol. The maximum absolute atomic E-state index is 12.4. The van der Waals surface area contributed by atoms with Crippen molar-refractivity contribution < 1.29 is 18.0 Å². The SMILES string of the molecule is O=C(NCCI)c1cccc(C(F)(F)F)c1. The molecule has 0 atom stereocenters. The van der Waals surface area contributed by atoms with Crippen LogP contribution >= 0.6 is 22.6 Å². The van der Waals surface area contributed by atoms with E-state index >= 15 is 0 Å². The molecule has 6 heteroatoms. The quantitative estimate of drug-likeness (QED) is 0.664. The Morgan fingerprint density at radius 1 is 1.38 bits per heavy atom. The fourth-order valence-electron chi connectivity index (χ4n) is 1.10. The van der Waals surface area contributed by atoms with Crippen LogP contribution in [0.5, 0.6) is 0 Å². The number of amides is 1. The van der Waals surface area contributed by atoms with Gasteiger partial charge in [0.15, 0.2) is 0 Å². The van der Waals surface area contributed by atoms with Gasteiger partial charge in [-0.3, -0.25) is 4.79 Å². The molecule has 16 heavy (non-hydrogen) atoms. The highest BCUT2D eigenvalue weighted by Crippen LogP contribution is 2.29. The van der Waals surface area contributed by atoms with E-state index in [1.807, 2.05) is 0 Å². The summed E-state index contributed by atoms with van der Waals surface area (Å²) in [6.07, 6.45) is -4.42. The molecule has 0 fully saturated rings. The number of halogens is 4. The Morgan fingerprint density at radius 2 is 2.06 bits per heavy atom. The number of carbonyl (C=O) groups is 1. The molecule has 1 aromatic rings. The van der Waals surface area contributed by atoms with Gasteiger partial charge in [-0.2, -0.15) is 13.2 Å². The summed E-state index contributed by atoms with van der Waals surface area (Å²) in [4.78, 5) is 11.4. The second-order valence-electron chi connectivity index (χ2n) is 3.02. The van der Waals surface area contributed by atoms with Gasteiger partial charge in [-0.15, -0.1) is 0 Å². The summed E-state index contributed by atoms with van der Waals surface area (Å²) >= 11 is 2.06. The molecule has 0 aromatic heterocycles. The smallest absolute Gasteiger partial charge is 0.351 e. The predicted molar refractivity (Wildman–Crippen MR) is 62.7 cm³/mol. The van der Waals surface area contributed by atoms with Crippen LogP contribution in [0.2, 0.25) is 0 Å². The van der Waals surface area contributed by atoms with Gasteiger partial charge in [-0.1, -0.05) is 28.7 Å². The molecule has 1 aromatic carbocycles. The Kier molecular flexibility index (Phi) is 4.57. The number of benzene rings is 1. The first-order valence-corrected chi connectivity index (χ1v) is 5.99. The second-order valence-corrected chi connectivity index (χ2v) is 4.10. The van der Waals surface area contributed by atoms with Gasteiger partial charge in [0.25, 0.3) is 5.91 Å². The lowest BCUT2D eigenvalue weighted by Gasteiger charge is -2.08. The fourth-order valence-corrected chi connectivity index (χ4v) is 1.37. The zero-order valence-corrected chi connectivity index (χ0v) is 10.3. The summed E-state index contributed by atoms with van der Waals surface area (Å²) < 4.78 is 37.8. The Hall–Kier alpha value is -0.790. The van der Waals surface area contributed by atoms with Gasteiger partial charge in [0.05, 0.1) is 5.56 Å². The van der Waals surface area contributed by atoms with E-state index in [0.29, 0.717) is 11.0 Å². The molecule has 2 nitrogen and oxygen atoms in total. The molecule has 0 unspecified atom stereocenters. The van der Waals surface area contributed by atoms with Gasteiger partial charge in [-0.05, 0) is 18.2 Å². The second kappa shape index (κ2) is 5.51. The van der Waals surface area contributed by atoms with Crippen molar-refractivity contribution in [2.45, 2.75) is 6.18 Å². The topological polar surface area (TPSA) is 29.1 Å². The summed E-state index contributed by atoms with van der Waals surface area (Å²) in [6.45, 7) is 0.440. The minimum Gasteiger partial charge on any atom is -0.351 e. The summed E-state index contributed by atoms with van der Waals surface area (Å²) in [5.74, 6) is -0.484. The van der Waals surface area contributed by atoms with E-state index < -0.39 is 17.6 Å². The molecule has 0 saturated carbocycles. The Balaban J connectivity index is 2.86. The molecular weight excluding hydrogens is 334 g/mol. The van der Waals surface area contributed by atoms with E-state index in [2.05, 4.69) is 27.9 Å². The van der Waals surface area contributed by atoms with Gasteiger partial charge in [-0.25, -0.2) is 0 Å². The maximum atomic E-state index is 12.4. The van der Waals surface area contributed by atoms with Gasteiger partial charge < -0.3 is 5.32 Å². The normalized spacial score (nSPS) is 11.2. The molecule has 88 valence electrons. The summed E-state index contributed by atoms with van der Waals surface area (Å²) in [6, 6.07) is 4.37. The molecule has 1 rings (SSSR count). The van der Waals surface area contributed by atoms with Crippen LogP contribution < -0.4 is 5.32 Å². The third kappa shape index (κ3) is 3.66. The molecule has 1 amide bonds. The van der Waals surface area contributed by atoms with Crippen LogP contribution in [0.25, 0.3) is 0 Å². The number of rotatable bonds is 3. The van der Waals surface area contributed by atoms with E-state index in [9.17, 15) is 18.0 Å². The molecule has 0 aliphatic carbocycles. The standard InChI is InChI=1S/C10H9F3INO/c11-10(12,13)8-3-1-2-7(6-8)9(16)15-5-4-14/h1-3,6H,4-5H2,(H,15,16). The Morgan fingerprint density at radius 3 is 2.62 bits per heavy atom. The van der Waals surface area contributed by atoms with E-state index in [4.69, 9.17) is 0 Å². The lowest BCUT2D eigenvalue weighted by Crippen LogP contribution is -2.25. The van der Waals surface area contributed by atoms with Crippen molar-refractivity contribution in [2.24, 2.45) is 0 Å². The van der Waals surface area contributed by atoms with E-state index in [1.54, 1.807) is 0 Å².